The number of halogens is 1. The Morgan fingerprint density at radius 3 is 2.41 bits per heavy atom. The molecule has 0 aliphatic heterocycles. The van der Waals surface area contributed by atoms with Gasteiger partial charge in [0.25, 0.3) is 10.0 Å². The lowest BCUT2D eigenvalue weighted by Crippen LogP contribution is -2.13. The molecule has 0 heterocycles. The van der Waals surface area contributed by atoms with E-state index in [4.69, 9.17) is 11.6 Å². The highest BCUT2D eigenvalue weighted by molar-refractivity contribution is 7.92. The first-order valence-electron chi connectivity index (χ1n) is 6.46. The highest BCUT2D eigenvalue weighted by Gasteiger charge is 2.16. The molecule has 22 heavy (non-hydrogen) atoms. The third-order valence-corrected chi connectivity index (χ3v) is 4.83. The van der Waals surface area contributed by atoms with Gasteiger partial charge in [0.05, 0.1) is 10.6 Å². The van der Waals surface area contributed by atoms with E-state index in [1.807, 2.05) is 24.3 Å². The molecule has 3 rings (SSSR count). The van der Waals surface area contributed by atoms with Crippen molar-refractivity contribution in [3.05, 3.63) is 65.7 Å². The SMILES string of the molecule is O=S(=O)(Nc1cc(Cl)ccc1O)c1ccc2ccccc2c1. The molecular formula is C16H12ClNO3S. The van der Waals surface area contributed by atoms with E-state index in [9.17, 15) is 13.5 Å². The molecule has 0 fully saturated rings. The molecule has 0 aliphatic rings. The van der Waals surface area contributed by atoms with E-state index in [2.05, 4.69) is 4.72 Å². The molecule has 0 bridgehead atoms. The van der Waals surface area contributed by atoms with Crippen molar-refractivity contribution in [3.63, 3.8) is 0 Å². The zero-order valence-electron chi connectivity index (χ0n) is 11.3. The second-order valence-electron chi connectivity index (χ2n) is 4.78. The van der Waals surface area contributed by atoms with E-state index in [1.54, 1.807) is 12.1 Å². The molecule has 0 aromatic heterocycles. The fraction of sp³-hybridized carbons (Fsp3) is 0. The van der Waals surface area contributed by atoms with E-state index in [0.717, 1.165) is 10.8 Å². The lowest BCUT2D eigenvalue weighted by molar-refractivity contribution is 0.477. The summed E-state index contributed by atoms with van der Waals surface area (Å²) in [6.07, 6.45) is 0. The molecule has 0 radical (unpaired) electrons. The number of aromatic hydroxyl groups is 1. The van der Waals surface area contributed by atoms with Crippen molar-refractivity contribution in [2.45, 2.75) is 4.90 Å². The second kappa shape index (κ2) is 5.51. The van der Waals surface area contributed by atoms with Crippen LogP contribution in [0.5, 0.6) is 5.75 Å². The average molecular weight is 334 g/mol. The lowest BCUT2D eigenvalue weighted by atomic mass is 10.1. The number of phenolic OH excluding ortho intramolecular Hbond substituents is 1. The standard InChI is InChI=1S/C16H12ClNO3S/c17-13-6-8-16(19)15(10-13)18-22(20,21)14-7-5-11-3-1-2-4-12(11)9-14/h1-10,18-19H. The molecule has 0 spiro atoms. The number of hydrogen-bond donors (Lipinski definition) is 2. The zero-order chi connectivity index (χ0) is 15.7. The van der Waals surface area contributed by atoms with Crippen molar-refractivity contribution in [3.8, 4) is 5.75 Å². The summed E-state index contributed by atoms with van der Waals surface area (Å²) in [5.41, 5.74) is 0.0423. The Morgan fingerprint density at radius 2 is 1.64 bits per heavy atom. The summed E-state index contributed by atoms with van der Waals surface area (Å²) in [7, 11) is -3.81. The largest absolute Gasteiger partial charge is 0.506 e. The molecular weight excluding hydrogens is 322 g/mol. The molecule has 4 nitrogen and oxygen atoms in total. The van der Waals surface area contributed by atoms with Gasteiger partial charge in [-0.2, -0.15) is 0 Å². The minimum absolute atomic E-state index is 0.0423. The van der Waals surface area contributed by atoms with Crippen molar-refractivity contribution in [2.24, 2.45) is 0 Å². The van der Waals surface area contributed by atoms with Gasteiger partial charge in [-0.05, 0) is 41.1 Å². The van der Waals surface area contributed by atoms with Crippen LogP contribution in [0.3, 0.4) is 0 Å². The normalized spacial score (nSPS) is 11.5. The van der Waals surface area contributed by atoms with Crippen LogP contribution in [0.15, 0.2) is 65.6 Å². The van der Waals surface area contributed by atoms with Gasteiger partial charge < -0.3 is 5.11 Å². The van der Waals surface area contributed by atoms with Crippen LogP contribution in [0.25, 0.3) is 10.8 Å². The van der Waals surface area contributed by atoms with Gasteiger partial charge in [0, 0.05) is 5.02 Å². The van der Waals surface area contributed by atoms with Crippen LogP contribution in [-0.4, -0.2) is 13.5 Å². The molecule has 2 N–H and O–H groups in total. The number of benzene rings is 3. The molecule has 112 valence electrons. The maximum Gasteiger partial charge on any atom is 0.262 e. The maximum atomic E-state index is 12.4. The third-order valence-electron chi connectivity index (χ3n) is 3.23. The number of nitrogens with one attached hydrogen (secondary N) is 1. The van der Waals surface area contributed by atoms with Gasteiger partial charge in [-0.25, -0.2) is 8.42 Å². The number of anilines is 1. The van der Waals surface area contributed by atoms with E-state index in [-0.39, 0.29) is 16.3 Å². The molecule has 0 aliphatic carbocycles. The smallest absolute Gasteiger partial charge is 0.262 e. The van der Waals surface area contributed by atoms with Crippen LogP contribution < -0.4 is 4.72 Å². The Labute approximate surface area is 133 Å². The fourth-order valence-corrected chi connectivity index (χ4v) is 3.40. The first kappa shape index (κ1) is 14.7. The average Bonchev–Trinajstić information content (AvgIpc) is 2.50. The summed E-state index contributed by atoms with van der Waals surface area (Å²) in [5, 5.41) is 11.8. The number of fused-ring (bicyclic) bond motifs is 1. The van der Waals surface area contributed by atoms with Gasteiger partial charge in [-0.15, -0.1) is 0 Å². The van der Waals surface area contributed by atoms with E-state index >= 15 is 0 Å². The van der Waals surface area contributed by atoms with Gasteiger partial charge in [0.1, 0.15) is 5.75 Å². The predicted octanol–water partition coefficient (Wildman–Crippen LogP) is 4.00. The number of phenols is 1. The number of sulfonamides is 1. The quantitative estimate of drug-likeness (QED) is 0.712. The monoisotopic (exact) mass is 333 g/mol. The Kier molecular flexibility index (Phi) is 3.68. The summed E-state index contributed by atoms with van der Waals surface area (Å²) >= 11 is 5.82. The van der Waals surface area contributed by atoms with E-state index < -0.39 is 10.0 Å². The Balaban J connectivity index is 2.02. The fourth-order valence-electron chi connectivity index (χ4n) is 2.13. The van der Waals surface area contributed by atoms with Gasteiger partial charge >= 0.3 is 0 Å². The first-order chi connectivity index (χ1) is 10.5. The van der Waals surface area contributed by atoms with Gasteiger partial charge in [0.2, 0.25) is 0 Å². The van der Waals surface area contributed by atoms with Crippen molar-refractivity contribution < 1.29 is 13.5 Å². The zero-order valence-corrected chi connectivity index (χ0v) is 12.9. The van der Waals surface area contributed by atoms with Crippen LogP contribution in [0.4, 0.5) is 5.69 Å². The van der Waals surface area contributed by atoms with Crippen LogP contribution >= 0.6 is 11.6 Å². The highest BCUT2D eigenvalue weighted by Crippen LogP contribution is 2.29. The summed E-state index contributed by atoms with van der Waals surface area (Å²) < 4.78 is 27.2. The van der Waals surface area contributed by atoms with Crippen LogP contribution in [0.2, 0.25) is 5.02 Å². The molecule has 0 amide bonds. The maximum absolute atomic E-state index is 12.4. The highest BCUT2D eigenvalue weighted by atomic mass is 35.5. The molecule has 3 aromatic carbocycles. The molecule has 0 saturated carbocycles. The first-order valence-corrected chi connectivity index (χ1v) is 8.32. The second-order valence-corrected chi connectivity index (χ2v) is 6.89. The van der Waals surface area contributed by atoms with Crippen LogP contribution in [-0.2, 0) is 10.0 Å². The minimum Gasteiger partial charge on any atom is -0.506 e. The Bertz CT molecular complexity index is 955. The Hall–Kier alpha value is -2.24. The predicted molar refractivity (Wildman–Crippen MR) is 87.9 cm³/mol. The summed E-state index contributed by atoms with van der Waals surface area (Å²) in [4.78, 5) is 0.116. The Morgan fingerprint density at radius 1 is 0.909 bits per heavy atom. The molecule has 6 heteroatoms. The van der Waals surface area contributed by atoms with Gasteiger partial charge in [-0.1, -0.05) is 41.9 Å². The topological polar surface area (TPSA) is 66.4 Å². The molecule has 0 unspecified atom stereocenters. The summed E-state index contributed by atoms with van der Waals surface area (Å²) in [5.74, 6) is -0.186. The van der Waals surface area contributed by atoms with Gasteiger partial charge in [-0.3, -0.25) is 4.72 Å². The number of hydrogen-bond acceptors (Lipinski definition) is 3. The lowest BCUT2D eigenvalue weighted by Gasteiger charge is -2.10. The molecule has 0 saturated heterocycles. The van der Waals surface area contributed by atoms with Crippen molar-refractivity contribution in [1.29, 1.82) is 0 Å². The summed E-state index contributed by atoms with van der Waals surface area (Å²) in [6, 6.07) is 16.5. The van der Waals surface area contributed by atoms with Crippen molar-refractivity contribution >= 4 is 38.1 Å². The minimum atomic E-state index is -3.81. The molecule has 0 atom stereocenters. The summed E-state index contributed by atoms with van der Waals surface area (Å²) in [6.45, 7) is 0. The van der Waals surface area contributed by atoms with Crippen LogP contribution in [0.1, 0.15) is 0 Å². The van der Waals surface area contributed by atoms with Crippen molar-refractivity contribution in [2.75, 3.05) is 4.72 Å². The van der Waals surface area contributed by atoms with Gasteiger partial charge in [0.15, 0.2) is 0 Å². The third kappa shape index (κ3) is 2.86. The number of rotatable bonds is 3. The van der Waals surface area contributed by atoms with Crippen LogP contribution in [0, 0.1) is 0 Å². The van der Waals surface area contributed by atoms with E-state index in [1.165, 1.54) is 24.3 Å². The van der Waals surface area contributed by atoms with E-state index in [0.29, 0.717) is 5.02 Å². The molecule has 3 aromatic rings. The van der Waals surface area contributed by atoms with Crippen molar-refractivity contribution in [1.82, 2.24) is 0 Å².